The molecule has 0 bridgehead atoms. The first kappa shape index (κ1) is 19.2. The summed E-state index contributed by atoms with van der Waals surface area (Å²) in [6.07, 6.45) is 6.06. The molecule has 2 unspecified atom stereocenters. The monoisotopic (exact) mass is 334 g/mol. The molecule has 0 aromatic carbocycles. The summed E-state index contributed by atoms with van der Waals surface area (Å²) in [6.45, 7) is 9.10. The second-order valence-electron chi connectivity index (χ2n) is 7.23. The maximum Gasteiger partial charge on any atom is 0.128 e. The lowest BCUT2D eigenvalue weighted by atomic mass is 10.1. The highest BCUT2D eigenvalue weighted by Crippen LogP contribution is 2.15. The molecule has 1 aromatic rings. The van der Waals surface area contributed by atoms with Gasteiger partial charge in [-0.15, -0.1) is 0 Å². The van der Waals surface area contributed by atoms with E-state index in [0.717, 1.165) is 32.1 Å². The molecule has 1 fully saturated rings. The molecule has 0 saturated carbocycles. The van der Waals surface area contributed by atoms with E-state index in [2.05, 4.69) is 60.2 Å². The third kappa shape index (κ3) is 6.75. The standard InChI is InChI=1S/C19H34N4O/c1-16(7-5-6-10-22(3)4)20-13-18-8-9-19(21-14-18)23-11-12-24-17(2)15-23/h8-9,14,16-17,20H,5-7,10-13,15H2,1-4H3. The van der Waals surface area contributed by atoms with Gasteiger partial charge in [0.2, 0.25) is 0 Å². The van der Waals surface area contributed by atoms with Gasteiger partial charge in [-0.3, -0.25) is 0 Å². The molecule has 136 valence electrons. The summed E-state index contributed by atoms with van der Waals surface area (Å²) in [5.41, 5.74) is 1.25. The molecule has 2 atom stereocenters. The molecule has 5 heteroatoms. The highest BCUT2D eigenvalue weighted by atomic mass is 16.5. The van der Waals surface area contributed by atoms with Gasteiger partial charge in [-0.2, -0.15) is 0 Å². The van der Waals surface area contributed by atoms with E-state index in [0.29, 0.717) is 6.04 Å². The Morgan fingerprint density at radius 3 is 2.88 bits per heavy atom. The Hall–Kier alpha value is -1.17. The maximum absolute atomic E-state index is 5.59. The molecule has 0 spiro atoms. The van der Waals surface area contributed by atoms with Gasteiger partial charge in [-0.1, -0.05) is 12.5 Å². The Bertz CT molecular complexity index is 463. The number of anilines is 1. The second-order valence-corrected chi connectivity index (χ2v) is 7.23. The van der Waals surface area contributed by atoms with Crippen molar-refractivity contribution in [2.24, 2.45) is 0 Å². The van der Waals surface area contributed by atoms with Crippen LogP contribution in [0.3, 0.4) is 0 Å². The van der Waals surface area contributed by atoms with Gasteiger partial charge >= 0.3 is 0 Å². The molecule has 5 nitrogen and oxygen atoms in total. The van der Waals surface area contributed by atoms with E-state index in [1.165, 1.54) is 31.4 Å². The molecule has 1 aliphatic heterocycles. The number of nitrogens with zero attached hydrogens (tertiary/aromatic N) is 3. The average Bonchev–Trinajstić information content (AvgIpc) is 2.57. The number of rotatable bonds is 9. The second kappa shape index (κ2) is 9.97. The van der Waals surface area contributed by atoms with Crippen molar-refractivity contribution in [1.29, 1.82) is 0 Å². The topological polar surface area (TPSA) is 40.6 Å². The Balaban J connectivity index is 1.69. The van der Waals surface area contributed by atoms with Crippen LogP contribution < -0.4 is 10.2 Å². The van der Waals surface area contributed by atoms with E-state index >= 15 is 0 Å². The Morgan fingerprint density at radius 2 is 2.21 bits per heavy atom. The van der Waals surface area contributed by atoms with Crippen molar-refractivity contribution < 1.29 is 4.74 Å². The smallest absolute Gasteiger partial charge is 0.128 e. The van der Waals surface area contributed by atoms with Crippen molar-refractivity contribution >= 4 is 5.82 Å². The molecular formula is C19H34N4O. The first-order valence-electron chi connectivity index (χ1n) is 9.24. The van der Waals surface area contributed by atoms with E-state index in [1.807, 2.05) is 6.20 Å². The zero-order valence-corrected chi connectivity index (χ0v) is 15.8. The summed E-state index contributed by atoms with van der Waals surface area (Å²) in [4.78, 5) is 9.19. The van der Waals surface area contributed by atoms with Crippen molar-refractivity contribution in [3.05, 3.63) is 23.9 Å². The van der Waals surface area contributed by atoms with E-state index in [-0.39, 0.29) is 6.10 Å². The number of nitrogens with one attached hydrogen (secondary N) is 1. The minimum atomic E-state index is 0.287. The summed E-state index contributed by atoms with van der Waals surface area (Å²) < 4.78 is 5.59. The molecule has 2 heterocycles. The maximum atomic E-state index is 5.59. The molecule has 0 amide bonds. The molecule has 24 heavy (non-hydrogen) atoms. The van der Waals surface area contributed by atoms with Gasteiger partial charge in [0.05, 0.1) is 12.7 Å². The highest BCUT2D eigenvalue weighted by molar-refractivity contribution is 5.39. The normalized spacial score (nSPS) is 19.7. The van der Waals surface area contributed by atoms with Gasteiger partial charge in [0, 0.05) is 31.9 Å². The number of hydrogen-bond donors (Lipinski definition) is 1. The van der Waals surface area contributed by atoms with E-state index in [1.54, 1.807) is 0 Å². The fourth-order valence-electron chi connectivity index (χ4n) is 3.01. The zero-order valence-electron chi connectivity index (χ0n) is 15.8. The van der Waals surface area contributed by atoms with Crippen LogP contribution in [0.5, 0.6) is 0 Å². The predicted octanol–water partition coefficient (Wildman–Crippen LogP) is 2.52. The van der Waals surface area contributed by atoms with Crippen LogP contribution in [0.1, 0.15) is 38.7 Å². The summed E-state index contributed by atoms with van der Waals surface area (Å²) in [7, 11) is 4.27. The molecule has 0 aliphatic carbocycles. The summed E-state index contributed by atoms with van der Waals surface area (Å²) >= 11 is 0. The fraction of sp³-hybridized carbons (Fsp3) is 0.737. The minimum Gasteiger partial charge on any atom is -0.375 e. The fourth-order valence-corrected chi connectivity index (χ4v) is 3.01. The van der Waals surface area contributed by atoms with Crippen molar-refractivity contribution in [2.45, 2.75) is 51.8 Å². The van der Waals surface area contributed by atoms with E-state index in [9.17, 15) is 0 Å². The number of morpholine rings is 1. The number of unbranched alkanes of at least 4 members (excludes halogenated alkanes) is 1. The lowest BCUT2D eigenvalue weighted by Crippen LogP contribution is -2.41. The van der Waals surface area contributed by atoms with Crippen LogP contribution in [0.15, 0.2) is 18.3 Å². The molecular weight excluding hydrogens is 300 g/mol. The number of aromatic nitrogens is 1. The Labute approximate surface area is 147 Å². The van der Waals surface area contributed by atoms with Crippen LogP contribution >= 0.6 is 0 Å². The van der Waals surface area contributed by atoms with Crippen LogP contribution in [-0.4, -0.2) is 62.4 Å². The van der Waals surface area contributed by atoms with Gasteiger partial charge in [-0.25, -0.2) is 4.98 Å². The molecule has 0 radical (unpaired) electrons. The Kier molecular flexibility index (Phi) is 7.95. The van der Waals surface area contributed by atoms with Gasteiger partial charge in [0.25, 0.3) is 0 Å². The third-order valence-corrected chi connectivity index (χ3v) is 4.52. The van der Waals surface area contributed by atoms with Crippen molar-refractivity contribution in [1.82, 2.24) is 15.2 Å². The zero-order chi connectivity index (χ0) is 17.4. The number of hydrogen-bond acceptors (Lipinski definition) is 5. The number of ether oxygens (including phenoxy) is 1. The molecule has 1 aliphatic rings. The summed E-state index contributed by atoms with van der Waals surface area (Å²) in [5.74, 6) is 1.06. The summed E-state index contributed by atoms with van der Waals surface area (Å²) in [5, 5.41) is 3.61. The molecule has 1 N–H and O–H groups in total. The van der Waals surface area contributed by atoms with Crippen LogP contribution in [0.4, 0.5) is 5.82 Å². The van der Waals surface area contributed by atoms with Crippen LogP contribution in [0.2, 0.25) is 0 Å². The van der Waals surface area contributed by atoms with Crippen LogP contribution in [0, 0.1) is 0 Å². The Morgan fingerprint density at radius 1 is 1.38 bits per heavy atom. The first-order chi connectivity index (χ1) is 11.5. The quantitative estimate of drug-likeness (QED) is 0.703. The van der Waals surface area contributed by atoms with Gasteiger partial charge in [-0.05, 0) is 59.0 Å². The predicted molar refractivity (Wildman–Crippen MR) is 101 cm³/mol. The average molecular weight is 335 g/mol. The van der Waals surface area contributed by atoms with E-state index in [4.69, 9.17) is 4.74 Å². The van der Waals surface area contributed by atoms with Crippen molar-refractivity contribution in [2.75, 3.05) is 45.2 Å². The largest absolute Gasteiger partial charge is 0.375 e. The highest BCUT2D eigenvalue weighted by Gasteiger charge is 2.17. The minimum absolute atomic E-state index is 0.287. The lowest BCUT2D eigenvalue weighted by Gasteiger charge is -2.32. The lowest BCUT2D eigenvalue weighted by molar-refractivity contribution is 0.0529. The van der Waals surface area contributed by atoms with Crippen LogP contribution in [-0.2, 0) is 11.3 Å². The van der Waals surface area contributed by atoms with Gasteiger partial charge < -0.3 is 19.9 Å². The van der Waals surface area contributed by atoms with Crippen molar-refractivity contribution in [3.63, 3.8) is 0 Å². The molecule has 2 rings (SSSR count). The summed E-state index contributed by atoms with van der Waals surface area (Å²) in [6, 6.07) is 4.87. The van der Waals surface area contributed by atoms with Crippen LogP contribution in [0.25, 0.3) is 0 Å². The molecule has 1 aromatic heterocycles. The van der Waals surface area contributed by atoms with Gasteiger partial charge in [0.15, 0.2) is 0 Å². The first-order valence-corrected chi connectivity index (χ1v) is 9.24. The van der Waals surface area contributed by atoms with E-state index < -0.39 is 0 Å². The molecule has 1 saturated heterocycles. The van der Waals surface area contributed by atoms with Gasteiger partial charge in [0.1, 0.15) is 5.82 Å². The third-order valence-electron chi connectivity index (χ3n) is 4.52. The SMILES string of the molecule is CC(CCCCN(C)C)NCc1ccc(N2CCOC(C)C2)nc1. The van der Waals surface area contributed by atoms with Crippen molar-refractivity contribution in [3.8, 4) is 0 Å². The number of pyridine rings is 1.